The molecule has 1 amide bonds. The fourth-order valence-corrected chi connectivity index (χ4v) is 1.73. The zero-order valence-corrected chi connectivity index (χ0v) is 12.1. The summed E-state index contributed by atoms with van der Waals surface area (Å²) in [6.45, 7) is 1.76. The van der Waals surface area contributed by atoms with Crippen LogP contribution in [0.25, 0.3) is 0 Å². The number of nitro groups is 1. The van der Waals surface area contributed by atoms with Crippen molar-refractivity contribution in [3.63, 3.8) is 0 Å². The van der Waals surface area contributed by atoms with Crippen molar-refractivity contribution < 1.29 is 14.5 Å². The van der Waals surface area contributed by atoms with Gasteiger partial charge < -0.3 is 15.4 Å². The maximum Gasteiger partial charge on any atom is 0.269 e. The molecule has 2 N–H and O–H groups in total. The summed E-state index contributed by atoms with van der Waals surface area (Å²) in [6, 6.07) is 6.17. The van der Waals surface area contributed by atoms with E-state index in [9.17, 15) is 14.9 Å². The van der Waals surface area contributed by atoms with Gasteiger partial charge in [-0.2, -0.15) is 0 Å². The molecule has 0 saturated heterocycles. The Hall–Kier alpha value is -2.15. The number of nitrogens with one attached hydrogen (secondary N) is 2. The largest absolute Gasteiger partial charge is 0.385 e. The second kappa shape index (κ2) is 9.71. The van der Waals surface area contributed by atoms with Gasteiger partial charge in [0.05, 0.1) is 4.92 Å². The molecule has 0 saturated carbocycles. The van der Waals surface area contributed by atoms with Crippen molar-refractivity contribution in [2.24, 2.45) is 0 Å². The van der Waals surface area contributed by atoms with Crippen molar-refractivity contribution in [3.05, 3.63) is 34.4 Å². The lowest BCUT2D eigenvalue weighted by atomic mass is 10.2. The van der Waals surface area contributed by atoms with Crippen LogP contribution < -0.4 is 10.6 Å². The number of benzene rings is 1. The van der Waals surface area contributed by atoms with E-state index in [1.807, 2.05) is 0 Å². The van der Waals surface area contributed by atoms with Crippen molar-refractivity contribution in [1.82, 2.24) is 5.32 Å². The van der Waals surface area contributed by atoms with E-state index in [1.54, 1.807) is 19.2 Å². The van der Waals surface area contributed by atoms with Crippen LogP contribution in [-0.4, -0.2) is 37.6 Å². The van der Waals surface area contributed by atoms with Gasteiger partial charge in [-0.15, -0.1) is 0 Å². The predicted molar refractivity (Wildman–Crippen MR) is 80.3 cm³/mol. The summed E-state index contributed by atoms with van der Waals surface area (Å²) >= 11 is 0. The molecule has 21 heavy (non-hydrogen) atoms. The third-order valence-electron chi connectivity index (χ3n) is 2.86. The number of amides is 1. The van der Waals surface area contributed by atoms with E-state index in [2.05, 4.69) is 10.6 Å². The molecule has 0 bridgehead atoms. The highest BCUT2D eigenvalue weighted by Gasteiger charge is 2.03. The van der Waals surface area contributed by atoms with Gasteiger partial charge in [-0.05, 0) is 25.0 Å². The molecule has 0 fully saturated rings. The van der Waals surface area contributed by atoms with E-state index in [1.165, 1.54) is 12.1 Å². The number of carbonyl (C=O) groups excluding carboxylic acids is 1. The Morgan fingerprint density at radius 3 is 2.57 bits per heavy atom. The average molecular weight is 295 g/mol. The number of ether oxygens (including phenoxy) is 1. The zero-order valence-electron chi connectivity index (χ0n) is 12.1. The second-order valence-electron chi connectivity index (χ2n) is 4.53. The summed E-state index contributed by atoms with van der Waals surface area (Å²) in [5.74, 6) is 0.0246. The van der Waals surface area contributed by atoms with E-state index in [0.29, 0.717) is 26.1 Å². The molecule has 0 radical (unpaired) electrons. The Balaban J connectivity index is 2.13. The molecule has 0 atom stereocenters. The summed E-state index contributed by atoms with van der Waals surface area (Å²) in [7, 11) is 1.64. The number of hydrogen-bond acceptors (Lipinski definition) is 5. The van der Waals surface area contributed by atoms with Gasteiger partial charge in [0.1, 0.15) is 0 Å². The first-order valence-corrected chi connectivity index (χ1v) is 6.87. The molecule has 7 nitrogen and oxygen atoms in total. The van der Waals surface area contributed by atoms with Crippen LogP contribution in [0, 0.1) is 10.1 Å². The van der Waals surface area contributed by atoms with Gasteiger partial charge in [0, 0.05) is 51.0 Å². The predicted octanol–water partition coefficient (Wildman–Crippen LogP) is 1.94. The second-order valence-corrected chi connectivity index (χ2v) is 4.53. The third kappa shape index (κ3) is 7.26. The van der Waals surface area contributed by atoms with Crippen molar-refractivity contribution in [2.45, 2.75) is 19.3 Å². The maximum absolute atomic E-state index is 11.5. The van der Waals surface area contributed by atoms with Gasteiger partial charge in [-0.25, -0.2) is 0 Å². The molecule has 0 heterocycles. The van der Waals surface area contributed by atoms with Crippen LogP contribution in [0.4, 0.5) is 11.4 Å². The number of rotatable bonds is 10. The lowest BCUT2D eigenvalue weighted by Gasteiger charge is -2.08. The van der Waals surface area contributed by atoms with Crippen LogP contribution in [0.2, 0.25) is 0 Å². The van der Waals surface area contributed by atoms with Gasteiger partial charge in [0.2, 0.25) is 5.91 Å². The van der Waals surface area contributed by atoms with Gasteiger partial charge >= 0.3 is 0 Å². The lowest BCUT2D eigenvalue weighted by Crippen LogP contribution is -2.28. The number of carbonyl (C=O) groups is 1. The van der Waals surface area contributed by atoms with E-state index in [-0.39, 0.29) is 11.6 Å². The van der Waals surface area contributed by atoms with Gasteiger partial charge in [0.15, 0.2) is 0 Å². The number of nitrogens with zero attached hydrogens (tertiary/aromatic N) is 1. The maximum atomic E-state index is 11.5. The highest BCUT2D eigenvalue weighted by molar-refractivity contribution is 5.75. The molecule has 0 aliphatic carbocycles. The third-order valence-corrected chi connectivity index (χ3v) is 2.86. The molecule has 1 aromatic rings. The van der Waals surface area contributed by atoms with Crippen LogP contribution in [0.5, 0.6) is 0 Å². The van der Waals surface area contributed by atoms with Gasteiger partial charge in [-0.3, -0.25) is 14.9 Å². The fourth-order valence-electron chi connectivity index (χ4n) is 1.73. The molecule has 0 aliphatic rings. The number of non-ortho nitro benzene ring substituents is 1. The van der Waals surface area contributed by atoms with Crippen molar-refractivity contribution in [1.29, 1.82) is 0 Å². The van der Waals surface area contributed by atoms with E-state index < -0.39 is 4.92 Å². The van der Waals surface area contributed by atoms with Crippen LogP contribution >= 0.6 is 0 Å². The molecule has 1 aromatic carbocycles. The lowest BCUT2D eigenvalue weighted by molar-refractivity contribution is -0.384. The van der Waals surface area contributed by atoms with E-state index >= 15 is 0 Å². The minimum atomic E-state index is -0.437. The van der Waals surface area contributed by atoms with E-state index in [4.69, 9.17) is 4.74 Å². The first-order chi connectivity index (χ1) is 10.1. The highest BCUT2D eigenvalue weighted by atomic mass is 16.6. The summed E-state index contributed by atoms with van der Waals surface area (Å²) in [4.78, 5) is 21.6. The molecule has 116 valence electrons. The zero-order chi connectivity index (χ0) is 15.5. The number of anilines is 1. The molecular formula is C14H21N3O4. The molecule has 0 spiro atoms. The van der Waals surface area contributed by atoms with Gasteiger partial charge in [-0.1, -0.05) is 0 Å². The molecule has 7 heteroatoms. The number of methoxy groups -OCH3 is 1. The first-order valence-electron chi connectivity index (χ1n) is 6.87. The first kappa shape index (κ1) is 16.9. The minimum Gasteiger partial charge on any atom is -0.385 e. The highest BCUT2D eigenvalue weighted by Crippen LogP contribution is 2.14. The van der Waals surface area contributed by atoms with Crippen LogP contribution in [0.15, 0.2) is 24.3 Å². The number of hydrogen-bond donors (Lipinski definition) is 2. The number of unbranched alkanes of at least 4 members (excludes halogenated alkanes) is 1. The summed E-state index contributed by atoms with van der Waals surface area (Å²) in [5.41, 5.74) is 0.847. The topological polar surface area (TPSA) is 93.5 Å². The fraction of sp³-hybridized carbons (Fsp3) is 0.500. The van der Waals surface area contributed by atoms with Crippen LogP contribution in [0.1, 0.15) is 19.3 Å². The summed E-state index contributed by atoms with van der Waals surface area (Å²) in [5, 5.41) is 16.4. The SMILES string of the molecule is COCCCCC(=O)NCCNc1ccc([N+](=O)[O-])cc1. The standard InChI is InChI=1S/C14H21N3O4/c1-21-11-3-2-4-14(18)16-10-9-15-12-5-7-13(8-6-12)17(19)20/h5-8,15H,2-4,9-11H2,1H3,(H,16,18). The number of nitro benzene ring substituents is 1. The molecule has 0 unspecified atom stereocenters. The Bertz CT molecular complexity index is 448. The minimum absolute atomic E-state index is 0.0246. The van der Waals surface area contributed by atoms with Crippen molar-refractivity contribution >= 4 is 17.3 Å². The van der Waals surface area contributed by atoms with Crippen LogP contribution in [0.3, 0.4) is 0 Å². The molecular weight excluding hydrogens is 274 g/mol. The molecule has 1 rings (SSSR count). The van der Waals surface area contributed by atoms with Crippen molar-refractivity contribution in [3.8, 4) is 0 Å². The smallest absolute Gasteiger partial charge is 0.269 e. The monoisotopic (exact) mass is 295 g/mol. The van der Waals surface area contributed by atoms with Crippen LogP contribution in [-0.2, 0) is 9.53 Å². The quantitative estimate of drug-likeness (QED) is 0.391. The Morgan fingerprint density at radius 1 is 1.24 bits per heavy atom. The van der Waals surface area contributed by atoms with Crippen molar-refractivity contribution in [2.75, 3.05) is 32.1 Å². The molecule has 0 aliphatic heterocycles. The Kier molecular flexibility index (Phi) is 7.81. The Labute approximate surface area is 123 Å². The summed E-state index contributed by atoms with van der Waals surface area (Å²) in [6.07, 6.45) is 2.20. The normalized spacial score (nSPS) is 10.1. The molecule has 0 aromatic heterocycles. The Morgan fingerprint density at radius 2 is 1.95 bits per heavy atom. The average Bonchev–Trinajstić information content (AvgIpc) is 2.48. The summed E-state index contributed by atoms with van der Waals surface area (Å²) < 4.78 is 4.91. The van der Waals surface area contributed by atoms with E-state index in [0.717, 1.165) is 18.5 Å². The van der Waals surface area contributed by atoms with Gasteiger partial charge in [0.25, 0.3) is 5.69 Å².